The molecule has 0 saturated carbocycles. The van der Waals surface area contributed by atoms with Crippen molar-refractivity contribution in [3.8, 4) is 0 Å². The number of halogens is 1. The maximum Gasteiger partial charge on any atom is 0.216 e. The van der Waals surface area contributed by atoms with Crippen LogP contribution in [0.15, 0.2) is 41.8 Å². The van der Waals surface area contributed by atoms with Gasteiger partial charge in [0.05, 0.1) is 11.8 Å². The molecule has 0 radical (unpaired) electrons. The number of thiophene rings is 1. The summed E-state index contributed by atoms with van der Waals surface area (Å²) in [6.45, 7) is -0.134. The lowest BCUT2D eigenvalue weighted by atomic mass is 10.2. The van der Waals surface area contributed by atoms with Crippen molar-refractivity contribution in [3.63, 3.8) is 0 Å². The fraction of sp³-hybridized carbons (Fsp3) is 0.286. The molecule has 1 aromatic heterocycles. The van der Waals surface area contributed by atoms with Crippen molar-refractivity contribution in [2.75, 3.05) is 6.61 Å². The molecule has 114 valence electrons. The summed E-state index contributed by atoms with van der Waals surface area (Å²) < 4.78 is 40.4. The van der Waals surface area contributed by atoms with Crippen molar-refractivity contribution in [3.05, 3.63) is 58.0 Å². The predicted octanol–water partition coefficient (Wildman–Crippen LogP) is 2.43. The minimum atomic E-state index is -3.70. The van der Waals surface area contributed by atoms with Crippen LogP contribution in [0.4, 0.5) is 4.39 Å². The Bertz CT molecular complexity index is 671. The minimum absolute atomic E-state index is 0.124. The van der Waals surface area contributed by atoms with E-state index in [2.05, 4.69) is 4.72 Å². The van der Waals surface area contributed by atoms with E-state index in [9.17, 15) is 12.8 Å². The highest BCUT2D eigenvalue weighted by molar-refractivity contribution is 7.88. The molecule has 0 saturated heterocycles. The van der Waals surface area contributed by atoms with Gasteiger partial charge in [-0.2, -0.15) is 0 Å². The Morgan fingerprint density at radius 1 is 1.24 bits per heavy atom. The molecule has 0 aliphatic heterocycles. The van der Waals surface area contributed by atoms with Gasteiger partial charge in [0.2, 0.25) is 10.0 Å². The molecule has 0 aliphatic carbocycles. The number of hydrogen-bond acceptors (Lipinski definition) is 4. The summed E-state index contributed by atoms with van der Waals surface area (Å²) in [7, 11) is -3.70. The molecule has 1 aromatic carbocycles. The number of aliphatic hydroxyl groups excluding tert-OH is 1. The normalized spacial score (nSPS) is 13.2. The number of aliphatic hydroxyl groups is 1. The number of sulfonamides is 1. The molecular formula is C14H16FNO3S2. The zero-order valence-corrected chi connectivity index (χ0v) is 12.8. The van der Waals surface area contributed by atoms with Gasteiger partial charge in [-0.25, -0.2) is 17.5 Å². The molecule has 21 heavy (non-hydrogen) atoms. The van der Waals surface area contributed by atoms with Gasteiger partial charge in [0.15, 0.2) is 0 Å². The lowest BCUT2D eigenvalue weighted by Crippen LogP contribution is -2.30. The van der Waals surface area contributed by atoms with Crippen molar-refractivity contribution in [1.29, 1.82) is 0 Å². The van der Waals surface area contributed by atoms with Crippen molar-refractivity contribution in [2.24, 2.45) is 0 Å². The van der Waals surface area contributed by atoms with Crippen LogP contribution in [0.2, 0.25) is 0 Å². The van der Waals surface area contributed by atoms with E-state index in [0.29, 0.717) is 0 Å². The number of nitrogens with one attached hydrogen (secondary N) is 1. The smallest absolute Gasteiger partial charge is 0.216 e. The molecule has 2 rings (SSSR count). The summed E-state index contributed by atoms with van der Waals surface area (Å²) in [5.41, 5.74) is 0.124. The van der Waals surface area contributed by atoms with Gasteiger partial charge in [-0.05, 0) is 23.9 Å². The molecule has 1 atom stereocenters. The van der Waals surface area contributed by atoms with E-state index in [-0.39, 0.29) is 18.6 Å². The summed E-state index contributed by atoms with van der Waals surface area (Å²) in [5, 5.41) is 10.9. The van der Waals surface area contributed by atoms with Crippen LogP contribution in [0.5, 0.6) is 0 Å². The van der Waals surface area contributed by atoms with Gasteiger partial charge in [0.1, 0.15) is 5.82 Å². The van der Waals surface area contributed by atoms with E-state index in [4.69, 9.17) is 5.11 Å². The van der Waals surface area contributed by atoms with Crippen molar-refractivity contribution in [2.45, 2.75) is 18.2 Å². The lowest BCUT2D eigenvalue weighted by molar-refractivity contribution is 0.273. The average molecular weight is 329 g/mol. The molecule has 0 bridgehead atoms. The Morgan fingerprint density at radius 2 is 2.00 bits per heavy atom. The Kier molecular flexibility index (Phi) is 5.46. The molecular weight excluding hydrogens is 313 g/mol. The summed E-state index contributed by atoms with van der Waals surface area (Å²) in [6, 6.07) is 8.91. The number of hydrogen-bond donors (Lipinski definition) is 2. The topological polar surface area (TPSA) is 66.4 Å². The van der Waals surface area contributed by atoms with Crippen molar-refractivity contribution < 1.29 is 17.9 Å². The second-order valence-electron chi connectivity index (χ2n) is 4.55. The minimum Gasteiger partial charge on any atom is -0.396 e. The SMILES string of the molecule is O=S(=O)(Cc1ccccc1F)NC(CCO)c1cccs1. The van der Waals surface area contributed by atoms with Crippen LogP contribution in [0.3, 0.4) is 0 Å². The molecule has 1 unspecified atom stereocenters. The van der Waals surface area contributed by atoms with E-state index in [0.717, 1.165) is 4.88 Å². The fourth-order valence-electron chi connectivity index (χ4n) is 1.96. The largest absolute Gasteiger partial charge is 0.396 e. The van der Waals surface area contributed by atoms with Crippen LogP contribution in [-0.4, -0.2) is 20.1 Å². The Labute approximate surface area is 127 Å². The molecule has 0 amide bonds. The molecule has 1 heterocycles. The van der Waals surface area contributed by atoms with E-state index in [1.807, 2.05) is 11.4 Å². The Hall–Kier alpha value is -1.28. The molecule has 0 aliphatic rings. The first-order valence-corrected chi connectivity index (χ1v) is 8.92. The fourth-order valence-corrected chi connectivity index (χ4v) is 4.25. The van der Waals surface area contributed by atoms with Crippen LogP contribution >= 0.6 is 11.3 Å². The second-order valence-corrected chi connectivity index (χ2v) is 7.28. The van der Waals surface area contributed by atoms with Crippen LogP contribution in [0.25, 0.3) is 0 Å². The maximum absolute atomic E-state index is 13.5. The summed E-state index contributed by atoms with van der Waals surface area (Å²) in [4.78, 5) is 0.821. The Morgan fingerprint density at radius 3 is 2.62 bits per heavy atom. The van der Waals surface area contributed by atoms with E-state index in [1.54, 1.807) is 12.1 Å². The third-order valence-electron chi connectivity index (χ3n) is 2.93. The van der Waals surface area contributed by atoms with Gasteiger partial charge in [0.25, 0.3) is 0 Å². The summed E-state index contributed by atoms with van der Waals surface area (Å²) in [5.74, 6) is -0.967. The third kappa shape index (κ3) is 4.60. The summed E-state index contributed by atoms with van der Waals surface area (Å²) >= 11 is 1.41. The maximum atomic E-state index is 13.5. The van der Waals surface area contributed by atoms with Gasteiger partial charge in [-0.3, -0.25) is 0 Å². The quantitative estimate of drug-likeness (QED) is 0.820. The monoisotopic (exact) mass is 329 g/mol. The first-order valence-electron chi connectivity index (χ1n) is 6.39. The van der Waals surface area contributed by atoms with E-state index >= 15 is 0 Å². The molecule has 2 N–H and O–H groups in total. The van der Waals surface area contributed by atoms with Gasteiger partial charge in [0, 0.05) is 17.0 Å². The van der Waals surface area contributed by atoms with E-state index in [1.165, 1.54) is 29.5 Å². The zero-order chi connectivity index (χ0) is 15.3. The van der Waals surface area contributed by atoms with Gasteiger partial charge in [-0.1, -0.05) is 24.3 Å². The molecule has 0 fully saturated rings. The average Bonchev–Trinajstić information content (AvgIpc) is 2.94. The molecule has 7 heteroatoms. The highest BCUT2D eigenvalue weighted by Crippen LogP contribution is 2.23. The standard InChI is InChI=1S/C14H16FNO3S2/c15-12-5-2-1-4-11(12)10-21(18,19)16-13(7-8-17)14-6-3-9-20-14/h1-6,9,13,16-17H,7-8,10H2. The summed E-state index contributed by atoms with van der Waals surface area (Å²) in [6.07, 6.45) is 0.275. The Balaban J connectivity index is 2.14. The number of rotatable bonds is 7. The molecule has 0 spiro atoms. The van der Waals surface area contributed by atoms with Gasteiger partial charge >= 0.3 is 0 Å². The van der Waals surface area contributed by atoms with E-state index < -0.39 is 27.6 Å². The van der Waals surface area contributed by atoms with Crippen molar-refractivity contribution >= 4 is 21.4 Å². The first kappa shape index (κ1) is 16.1. The molecule has 2 aromatic rings. The lowest BCUT2D eigenvalue weighted by Gasteiger charge is -2.16. The number of benzene rings is 1. The molecule has 4 nitrogen and oxygen atoms in total. The first-order chi connectivity index (χ1) is 10.0. The second kappa shape index (κ2) is 7.13. The third-order valence-corrected chi connectivity index (χ3v) is 5.25. The van der Waals surface area contributed by atoms with Crippen LogP contribution in [-0.2, 0) is 15.8 Å². The van der Waals surface area contributed by atoms with Crippen LogP contribution in [0, 0.1) is 5.82 Å². The predicted molar refractivity (Wildman–Crippen MR) is 80.9 cm³/mol. The zero-order valence-electron chi connectivity index (χ0n) is 11.2. The van der Waals surface area contributed by atoms with Gasteiger partial charge < -0.3 is 5.11 Å². The van der Waals surface area contributed by atoms with Crippen molar-refractivity contribution in [1.82, 2.24) is 4.72 Å². The highest BCUT2D eigenvalue weighted by Gasteiger charge is 2.21. The highest BCUT2D eigenvalue weighted by atomic mass is 32.2. The van der Waals surface area contributed by atoms with Gasteiger partial charge in [-0.15, -0.1) is 11.3 Å². The van der Waals surface area contributed by atoms with Crippen LogP contribution < -0.4 is 4.72 Å². The van der Waals surface area contributed by atoms with Crippen LogP contribution in [0.1, 0.15) is 22.9 Å².